The maximum absolute atomic E-state index is 9.57. The lowest BCUT2D eigenvalue weighted by Gasteiger charge is -2.23. The summed E-state index contributed by atoms with van der Waals surface area (Å²) < 4.78 is 11.4. The Hall–Kier alpha value is -0.170. The Morgan fingerprint density at radius 1 is 0.905 bits per heavy atom. The van der Waals surface area contributed by atoms with Gasteiger partial charge in [0.05, 0.1) is 27.7 Å². The Bertz CT molecular complexity index is 274. The van der Waals surface area contributed by atoms with E-state index in [-0.39, 0.29) is 0 Å². The van der Waals surface area contributed by atoms with E-state index >= 15 is 0 Å². The molecule has 5 heteroatoms. The third kappa shape index (κ3) is 17.8. The minimum absolute atomic E-state index is 0.531. The van der Waals surface area contributed by atoms with Gasteiger partial charge in [0.1, 0.15) is 13.2 Å². The molecule has 124 valence electrons. The van der Waals surface area contributed by atoms with E-state index in [0.717, 1.165) is 36.7 Å². The van der Waals surface area contributed by atoms with Crippen LogP contribution in [0.3, 0.4) is 0 Å². The van der Waals surface area contributed by atoms with Gasteiger partial charge in [-0.2, -0.15) is 0 Å². The summed E-state index contributed by atoms with van der Waals surface area (Å²) in [7, 11) is 4.58. The average Bonchev–Trinajstić information content (AvgIpc) is 2.39. The maximum atomic E-state index is 9.57. The molecule has 0 aliphatic rings. The standard InChI is InChI=1S/C16H33NO3P/c1-5-6-7-8-9-10-11-12-13-15-19-21(18)20-16-14-17(2,3)4/h1,18H,6-16H2,2-4H3/q+1. The Morgan fingerprint density at radius 2 is 1.43 bits per heavy atom. The molecule has 0 radical (unpaired) electrons. The molecule has 1 unspecified atom stereocenters. The molecule has 0 amide bonds. The highest BCUT2D eigenvalue weighted by Crippen LogP contribution is 2.32. The summed E-state index contributed by atoms with van der Waals surface area (Å²) >= 11 is 0. The second-order valence-electron chi connectivity index (χ2n) is 6.35. The number of nitrogens with zero attached hydrogens (tertiary/aromatic N) is 1. The van der Waals surface area contributed by atoms with E-state index in [1.54, 1.807) is 0 Å². The highest BCUT2D eigenvalue weighted by molar-refractivity contribution is 7.40. The lowest BCUT2D eigenvalue weighted by atomic mass is 10.1. The van der Waals surface area contributed by atoms with E-state index in [1.165, 1.54) is 25.7 Å². The predicted molar refractivity (Wildman–Crippen MR) is 89.7 cm³/mol. The van der Waals surface area contributed by atoms with Crippen LogP contribution in [-0.4, -0.2) is 50.3 Å². The van der Waals surface area contributed by atoms with Crippen molar-refractivity contribution in [3.8, 4) is 12.3 Å². The van der Waals surface area contributed by atoms with E-state index in [4.69, 9.17) is 15.5 Å². The third-order valence-corrected chi connectivity index (χ3v) is 3.94. The van der Waals surface area contributed by atoms with Crippen molar-refractivity contribution in [3.05, 3.63) is 0 Å². The van der Waals surface area contributed by atoms with Crippen LogP contribution in [0.25, 0.3) is 0 Å². The fourth-order valence-electron chi connectivity index (χ4n) is 1.79. The van der Waals surface area contributed by atoms with Gasteiger partial charge in [0.15, 0.2) is 0 Å². The monoisotopic (exact) mass is 318 g/mol. The SMILES string of the molecule is C#CCCCCCCCCCOP(O)OCC[N+](C)(C)C. The van der Waals surface area contributed by atoms with Crippen molar-refractivity contribution in [3.63, 3.8) is 0 Å². The topological polar surface area (TPSA) is 38.7 Å². The van der Waals surface area contributed by atoms with E-state index in [2.05, 4.69) is 27.1 Å². The molecular formula is C16H33NO3P+. The fourth-order valence-corrected chi connectivity index (χ4v) is 2.38. The highest BCUT2D eigenvalue weighted by Gasteiger charge is 2.11. The predicted octanol–water partition coefficient (Wildman–Crippen LogP) is 3.70. The van der Waals surface area contributed by atoms with Gasteiger partial charge in [0, 0.05) is 6.42 Å². The van der Waals surface area contributed by atoms with Crippen LogP contribution in [0.4, 0.5) is 0 Å². The van der Waals surface area contributed by atoms with Crippen molar-refractivity contribution in [2.45, 2.75) is 51.4 Å². The lowest BCUT2D eigenvalue weighted by molar-refractivity contribution is -0.870. The van der Waals surface area contributed by atoms with Crippen molar-refractivity contribution >= 4 is 8.60 Å². The first-order chi connectivity index (χ1) is 9.95. The van der Waals surface area contributed by atoms with Gasteiger partial charge in [-0.15, -0.1) is 12.3 Å². The number of unbranched alkanes of at least 4 members (excludes halogenated alkanes) is 7. The number of rotatable bonds is 14. The molecule has 0 aromatic rings. The maximum Gasteiger partial charge on any atom is 0.330 e. The Labute approximate surface area is 132 Å². The van der Waals surface area contributed by atoms with Gasteiger partial charge in [0.25, 0.3) is 0 Å². The third-order valence-electron chi connectivity index (χ3n) is 3.13. The minimum Gasteiger partial charge on any atom is -0.329 e. The zero-order valence-corrected chi connectivity index (χ0v) is 14.9. The van der Waals surface area contributed by atoms with Gasteiger partial charge in [-0.3, -0.25) is 0 Å². The van der Waals surface area contributed by atoms with Gasteiger partial charge in [-0.25, -0.2) is 0 Å². The zero-order chi connectivity index (χ0) is 16.0. The second-order valence-corrected chi connectivity index (χ2v) is 7.34. The summed E-state index contributed by atoms with van der Waals surface area (Å²) in [5.41, 5.74) is 0. The van der Waals surface area contributed by atoms with Crippen LogP contribution in [0.2, 0.25) is 0 Å². The summed E-state index contributed by atoms with van der Waals surface area (Å²) in [6.07, 6.45) is 14.4. The molecule has 1 N–H and O–H groups in total. The quantitative estimate of drug-likeness (QED) is 0.230. The Morgan fingerprint density at radius 3 is 2.00 bits per heavy atom. The molecule has 0 aliphatic carbocycles. The minimum atomic E-state index is -1.70. The van der Waals surface area contributed by atoms with Gasteiger partial charge in [-0.05, 0) is 12.8 Å². The molecule has 0 aliphatic heterocycles. The van der Waals surface area contributed by atoms with Gasteiger partial charge >= 0.3 is 8.60 Å². The van der Waals surface area contributed by atoms with E-state index < -0.39 is 8.60 Å². The lowest BCUT2D eigenvalue weighted by Crippen LogP contribution is -2.37. The van der Waals surface area contributed by atoms with E-state index in [9.17, 15) is 4.89 Å². The molecule has 0 saturated heterocycles. The van der Waals surface area contributed by atoms with Crippen molar-refractivity contribution < 1.29 is 18.4 Å². The first-order valence-electron chi connectivity index (χ1n) is 7.94. The second kappa shape index (κ2) is 13.5. The van der Waals surface area contributed by atoms with Crippen LogP contribution in [0.1, 0.15) is 51.4 Å². The number of hydrogen-bond donors (Lipinski definition) is 1. The summed E-state index contributed by atoms with van der Waals surface area (Å²) in [4.78, 5) is 9.57. The fraction of sp³-hybridized carbons (Fsp3) is 0.875. The number of hydrogen-bond acceptors (Lipinski definition) is 3. The van der Waals surface area contributed by atoms with Crippen molar-refractivity contribution in [1.29, 1.82) is 0 Å². The van der Waals surface area contributed by atoms with Gasteiger partial charge in [-0.1, -0.05) is 32.1 Å². The zero-order valence-electron chi connectivity index (χ0n) is 14.0. The van der Waals surface area contributed by atoms with Crippen molar-refractivity contribution in [2.75, 3.05) is 40.9 Å². The van der Waals surface area contributed by atoms with Crippen LogP contribution < -0.4 is 0 Å². The Balaban J connectivity index is 3.22. The van der Waals surface area contributed by atoms with Crippen LogP contribution >= 0.6 is 8.60 Å². The first-order valence-corrected chi connectivity index (χ1v) is 9.07. The summed E-state index contributed by atoms with van der Waals surface area (Å²) in [6, 6.07) is 0. The smallest absolute Gasteiger partial charge is 0.329 e. The van der Waals surface area contributed by atoms with Crippen LogP contribution in [0.5, 0.6) is 0 Å². The largest absolute Gasteiger partial charge is 0.330 e. The first kappa shape index (κ1) is 20.8. The van der Waals surface area contributed by atoms with Gasteiger partial charge < -0.3 is 18.4 Å². The molecule has 0 rings (SSSR count). The van der Waals surface area contributed by atoms with Crippen LogP contribution in [0, 0.1) is 12.3 Å². The molecule has 21 heavy (non-hydrogen) atoms. The van der Waals surface area contributed by atoms with Crippen LogP contribution in [0.15, 0.2) is 0 Å². The summed E-state index contributed by atoms with van der Waals surface area (Å²) in [5.74, 6) is 2.67. The van der Waals surface area contributed by atoms with Crippen molar-refractivity contribution in [2.24, 2.45) is 0 Å². The number of terminal acetylenes is 1. The number of quaternary nitrogens is 1. The molecule has 0 aromatic carbocycles. The average molecular weight is 318 g/mol. The molecule has 0 spiro atoms. The number of likely N-dealkylation sites (N-methyl/N-ethyl adjacent to an activating group) is 1. The van der Waals surface area contributed by atoms with E-state index in [0.29, 0.717) is 13.2 Å². The molecule has 0 aromatic heterocycles. The molecule has 1 atom stereocenters. The molecule has 0 fully saturated rings. The van der Waals surface area contributed by atoms with Gasteiger partial charge in [0.2, 0.25) is 0 Å². The Kier molecular flexibility index (Phi) is 13.4. The normalized spacial score (nSPS) is 13.1. The highest BCUT2D eigenvalue weighted by atomic mass is 31.2. The van der Waals surface area contributed by atoms with E-state index in [1.807, 2.05) is 0 Å². The summed E-state index contributed by atoms with van der Waals surface area (Å²) in [6.45, 7) is 1.98. The molecular weight excluding hydrogens is 285 g/mol. The van der Waals surface area contributed by atoms with Crippen LogP contribution in [-0.2, 0) is 9.05 Å². The molecule has 0 saturated carbocycles. The van der Waals surface area contributed by atoms with Crippen molar-refractivity contribution in [1.82, 2.24) is 0 Å². The molecule has 4 nitrogen and oxygen atoms in total. The summed E-state index contributed by atoms with van der Waals surface area (Å²) in [5, 5.41) is 0. The molecule has 0 heterocycles. The molecule has 0 bridgehead atoms.